The molecule has 10 nitrogen and oxygen atoms in total. The van der Waals surface area contributed by atoms with Crippen molar-refractivity contribution in [1.82, 2.24) is 23.9 Å². The maximum absolute atomic E-state index is 13.8. The summed E-state index contributed by atoms with van der Waals surface area (Å²) in [6.07, 6.45) is 5.40. The first-order valence-electron chi connectivity index (χ1n) is 14.2. The van der Waals surface area contributed by atoms with Crippen molar-refractivity contribution in [3.63, 3.8) is 0 Å². The van der Waals surface area contributed by atoms with Crippen LogP contribution in [0.3, 0.4) is 0 Å². The lowest BCUT2D eigenvalue weighted by molar-refractivity contribution is 0.254. The summed E-state index contributed by atoms with van der Waals surface area (Å²) in [6.45, 7) is 5.94. The number of rotatable bonds is 15. The van der Waals surface area contributed by atoms with Crippen molar-refractivity contribution >= 4 is 15.5 Å². The second-order valence-corrected chi connectivity index (χ2v) is 11.9. The smallest absolute Gasteiger partial charge is 0.277 e. The minimum Gasteiger partial charge on any atom is -0.493 e. The molecular formula is C30H39N5O5S. The molecule has 2 aromatic carbocycles. The number of aliphatic hydroxyl groups is 1. The zero-order chi connectivity index (χ0) is 29.4. The number of nitrogens with zero attached hydrogens (tertiary/aromatic N) is 4. The molecule has 0 radical (unpaired) electrons. The average molecular weight is 582 g/mol. The van der Waals surface area contributed by atoms with Crippen molar-refractivity contribution in [3.8, 4) is 17.1 Å². The fraction of sp³-hybridized carbons (Fsp3) is 0.433. The Kier molecular flexibility index (Phi) is 10.3. The van der Waals surface area contributed by atoms with Crippen molar-refractivity contribution < 1.29 is 18.3 Å². The van der Waals surface area contributed by atoms with Crippen LogP contribution in [0.1, 0.15) is 56.6 Å². The van der Waals surface area contributed by atoms with Gasteiger partial charge in [-0.25, -0.2) is 17.9 Å². The van der Waals surface area contributed by atoms with E-state index in [1.807, 2.05) is 37.3 Å². The standard InChI is InChI=1S/C30H39N5O5S/c1-4-6-7-11-14-27-31-22(3)28-30(37)32-29(33-35(27)28)25-21-24(15-16-26(25)40-5-2)41(38,39)34(19-20-36)18-17-23-12-9-8-10-13-23/h8-10,12-13,15-16,21,36H,4-7,11,14,17-20H2,1-3H3,(H,32,33,37). The number of sulfonamides is 1. The van der Waals surface area contributed by atoms with E-state index < -0.39 is 10.0 Å². The molecule has 0 unspecified atom stereocenters. The van der Waals surface area contributed by atoms with Crippen molar-refractivity contribution in [2.24, 2.45) is 0 Å². The lowest BCUT2D eigenvalue weighted by atomic mass is 10.1. The summed E-state index contributed by atoms with van der Waals surface area (Å²) in [5, 5.41) is 14.4. The van der Waals surface area contributed by atoms with Gasteiger partial charge in [0, 0.05) is 19.5 Å². The van der Waals surface area contributed by atoms with Gasteiger partial charge in [0.25, 0.3) is 5.56 Å². The van der Waals surface area contributed by atoms with E-state index in [-0.39, 0.29) is 36.0 Å². The number of ether oxygens (including phenoxy) is 1. The van der Waals surface area contributed by atoms with Gasteiger partial charge in [0.15, 0.2) is 11.3 Å². The fourth-order valence-electron chi connectivity index (χ4n) is 4.88. The molecule has 41 heavy (non-hydrogen) atoms. The third kappa shape index (κ3) is 7.03. The van der Waals surface area contributed by atoms with Crippen molar-refractivity contribution in [1.29, 1.82) is 0 Å². The molecule has 220 valence electrons. The number of imidazole rings is 1. The van der Waals surface area contributed by atoms with Crippen LogP contribution in [0.15, 0.2) is 58.2 Å². The van der Waals surface area contributed by atoms with Crippen LogP contribution < -0.4 is 10.3 Å². The summed E-state index contributed by atoms with van der Waals surface area (Å²) in [5.74, 6) is 1.28. The highest BCUT2D eigenvalue weighted by atomic mass is 32.2. The third-order valence-corrected chi connectivity index (χ3v) is 8.88. The van der Waals surface area contributed by atoms with Gasteiger partial charge in [-0.3, -0.25) is 4.79 Å². The fourth-order valence-corrected chi connectivity index (χ4v) is 6.33. The molecule has 0 amide bonds. The highest BCUT2D eigenvalue weighted by molar-refractivity contribution is 7.89. The SMILES string of the molecule is CCCCCCc1nc(C)c2c(=O)[nH]c(-c3cc(S(=O)(=O)N(CCO)CCc4ccccc4)ccc3OCC)nn12. The van der Waals surface area contributed by atoms with Crippen LogP contribution in [0.25, 0.3) is 16.9 Å². The van der Waals surface area contributed by atoms with E-state index >= 15 is 0 Å². The Hall–Kier alpha value is -3.54. The van der Waals surface area contributed by atoms with Crippen LogP contribution in [0.4, 0.5) is 0 Å². The zero-order valence-corrected chi connectivity index (χ0v) is 24.8. The van der Waals surface area contributed by atoms with Crippen LogP contribution in [-0.4, -0.2) is 63.7 Å². The number of aromatic amines is 1. The van der Waals surface area contributed by atoms with Crippen LogP contribution in [0.5, 0.6) is 5.75 Å². The minimum atomic E-state index is -3.99. The molecule has 0 fully saturated rings. The van der Waals surface area contributed by atoms with Gasteiger partial charge >= 0.3 is 0 Å². The number of aryl methyl sites for hydroxylation is 2. The molecule has 0 saturated carbocycles. The van der Waals surface area contributed by atoms with E-state index in [4.69, 9.17) is 9.84 Å². The topological polar surface area (TPSA) is 130 Å². The third-order valence-electron chi connectivity index (χ3n) is 6.98. The van der Waals surface area contributed by atoms with Gasteiger partial charge in [-0.2, -0.15) is 4.31 Å². The Morgan fingerprint density at radius 1 is 1.02 bits per heavy atom. The highest BCUT2D eigenvalue weighted by Gasteiger charge is 2.26. The van der Waals surface area contributed by atoms with Crippen LogP contribution in [0, 0.1) is 6.92 Å². The summed E-state index contributed by atoms with van der Waals surface area (Å²) >= 11 is 0. The minimum absolute atomic E-state index is 0.0156. The van der Waals surface area contributed by atoms with E-state index in [2.05, 4.69) is 16.9 Å². The second-order valence-electron chi connectivity index (χ2n) is 9.94. The molecule has 4 rings (SSSR count). The molecule has 0 aliphatic heterocycles. The Balaban J connectivity index is 1.75. The van der Waals surface area contributed by atoms with Crippen molar-refractivity contribution in [3.05, 3.63) is 76.0 Å². The van der Waals surface area contributed by atoms with Crippen LogP contribution in [0.2, 0.25) is 0 Å². The molecular weight excluding hydrogens is 542 g/mol. The number of hydrogen-bond acceptors (Lipinski definition) is 7. The number of aromatic nitrogens is 4. The summed E-state index contributed by atoms with van der Waals surface area (Å²) in [4.78, 5) is 20.6. The predicted octanol–water partition coefficient (Wildman–Crippen LogP) is 4.14. The molecule has 0 aliphatic rings. The monoisotopic (exact) mass is 581 g/mol. The first kappa shape index (κ1) is 30.4. The van der Waals surface area contributed by atoms with E-state index in [1.54, 1.807) is 17.5 Å². The predicted molar refractivity (Wildman–Crippen MR) is 159 cm³/mol. The number of hydrogen-bond donors (Lipinski definition) is 2. The lowest BCUT2D eigenvalue weighted by Gasteiger charge is -2.22. The number of nitrogens with one attached hydrogen (secondary N) is 1. The summed E-state index contributed by atoms with van der Waals surface area (Å²) in [7, 11) is -3.99. The van der Waals surface area contributed by atoms with E-state index in [0.717, 1.165) is 31.2 Å². The van der Waals surface area contributed by atoms with Gasteiger partial charge in [0.1, 0.15) is 11.6 Å². The van der Waals surface area contributed by atoms with Crippen molar-refractivity contribution in [2.45, 2.75) is 64.2 Å². The molecule has 0 atom stereocenters. The Labute approximate surface area is 241 Å². The molecule has 0 saturated heterocycles. The Bertz CT molecular complexity index is 1620. The lowest BCUT2D eigenvalue weighted by Crippen LogP contribution is -2.35. The van der Waals surface area contributed by atoms with Crippen molar-refractivity contribution in [2.75, 3.05) is 26.3 Å². The summed E-state index contributed by atoms with van der Waals surface area (Å²) in [6, 6.07) is 14.1. The molecule has 0 aliphatic carbocycles. The van der Waals surface area contributed by atoms with Gasteiger partial charge in [-0.15, -0.1) is 5.10 Å². The van der Waals surface area contributed by atoms with Gasteiger partial charge in [0.2, 0.25) is 10.0 Å². The van der Waals surface area contributed by atoms with Gasteiger partial charge in [-0.1, -0.05) is 56.5 Å². The van der Waals surface area contributed by atoms with E-state index in [0.29, 0.717) is 47.8 Å². The first-order valence-corrected chi connectivity index (χ1v) is 15.6. The number of fused-ring (bicyclic) bond motifs is 1. The van der Waals surface area contributed by atoms with Gasteiger partial charge in [0.05, 0.1) is 29.4 Å². The van der Waals surface area contributed by atoms with Crippen LogP contribution in [-0.2, 0) is 22.9 Å². The quantitative estimate of drug-likeness (QED) is 0.202. The highest BCUT2D eigenvalue weighted by Crippen LogP contribution is 2.31. The van der Waals surface area contributed by atoms with Gasteiger partial charge < -0.3 is 14.8 Å². The summed E-state index contributed by atoms with van der Waals surface area (Å²) in [5.41, 5.74) is 1.95. The number of aliphatic hydroxyl groups excluding tert-OH is 1. The number of unbranched alkanes of at least 4 members (excludes halogenated alkanes) is 3. The maximum atomic E-state index is 13.8. The van der Waals surface area contributed by atoms with E-state index in [9.17, 15) is 18.3 Å². The van der Waals surface area contributed by atoms with E-state index in [1.165, 1.54) is 16.4 Å². The van der Waals surface area contributed by atoms with Crippen LogP contribution >= 0.6 is 0 Å². The normalized spacial score (nSPS) is 11.9. The molecule has 4 aromatic rings. The molecule has 2 aromatic heterocycles. The zero-order valence-electron chi connectivity index (χ0n) is 24.0. The summed E-state index contributed by atoms with van der Waals surface area (Å²) < 4.78 is 36.2. The molecule has 11 heteroatoms. The second kappa shape index (κ2) is 13.9. The average Bonchev–Trinajstić information content (AvgIpc) is 3.29. The first-order chi connectivity index (χ1) is 19.8. The molecule has 2 N–H and O–H groups in total. The maximum Gasteiger partial charge on any atom is 0.277 e. The largest absolute Gasteiger partial charge is 0.493 e. The molecule has 0 bridgehead atoms. The number of H-pyrrole nitrogens is 1. The van der Waals surface area contributed by atoms with Gasteiger partial charge in [-0.05, 0) is 50.5 Å². The molecule has 0 spiro atoms. The Morgan fingerprint density at radius 2 is 1.80 bits per heavy atom. The Morgan fingerprint density at radius 3 is 2.51 bits per heavy atom. The molecule has 2 heterocycles. The number of benzene rings is 2.